The van der Waals surface area contributed by atoms with E-state index in [0.29, 0.717) is 24.3 Å². The Labute approximate surface area is 169 Å². The van der Waals surface area contributed by atoms with Crippen molar-refractivity contribution >= 4 is 29.3 Å². The maximum Gasteiger partial charge on any atom is 0.253 e. The summed E-state index contributed by atoms with van der Waals surface area (Å²) in [6, 6.07) is 7.04. The molecule has 0 aliphatic carbocycles. The van der Waals surface area contributed by atoms with E-state index in [2.05, 4.69) is 20.1 Å². The lowest BCUT2D eigenvalue weighted by Gasteiger charge is -2.18. The van der Waals surface area contributed by atoms with Crippen LogP contribution in [0.5, 0.6) is 0 Å². The largest absolute Gasteiger partial charge is 0.339 e. The topological polar surface area (TPSA) is 80.1 Å². The minimum Gasteiger partial charge on any atom is -0.339 e. The minimum atomic E-state index is -0.0983. The van der Waals surface area contributed by atoms with Gasteiger partial charge in [0, 0.05) is 37.3 Å². The Morgan fingerprint density at radius 2 is 1.86 bits per heavy atom. The van der Waals surface area contributed by atoms with E-state index in [9.17, 15) is 9.59 Å². The first-order chi connectivity index (χ1) is 13.6. The van der Waals surface area contributed by atoms with Crippen molar-refractivity contribution in [1.29, 1.82) is 0 Å². The number of carbonyl (C=O) groups excluding carboxylic acids is 2. The predicted octanol–water partition coefficient (Wildman–Crippen LogP) is 3.22. The lowest BCUT2D eigenvalue weighted by atomic mass is 10.2. The van der Waals surface area contributed by atoms with Crippen LogP contribution < -0.4 is 5.32 Å². The molecule has 1 aromatic heterocycles. The summed E-state index contributed by atoms with van der Waals surface area (Å²) >= 11 is 1.41. The van der Waals surface area contributed by atoms with Crippen LogP contribution in [0.1, 0.15) is 49.3 Å². The molecule has 0 saturated carbocycles. The van der Waals surface area contributed by atoms with E-state index >= 15 is 0 Å². The van der Waals surface area contributed by atoms with Crippen molar-refractivity contribution < 1.29 is 9.59 Å². The Balaban J connectivity index is 1.54. The second-order valence-electron chi connectivity index (χ2n) is 6.75. The third-order valence-corrected chi connectivity index (χ3v) is 5.84. The number of carbonyl (C=O) groups is 2. The van der Waals surface area contributed by atoms with E-state index in [1.54, 1.807) is 29.2 Å². The van der Waals surface area contributed by atoms with Crippen molar-refractivity contribution in [2.75, 3.05) is 24.2 Å². The van der Waals surface area contributed by atoms with Gasteiger partial charge in [-0.2, -0.15) is 0 Å². The molecule has 28 heavy (non-hydrogen) atoms. The molecule has 0 atom stereocenters. The zero-order valence-electron chi connectivity index (χ0n) is 16.5. The first-order valence-electron chi connectivity index (χ1n) is 9.86. The van der Waals surface area contributed by atoms with Crippen LogP contribution in [0, 0.1) is 0 Å². The highest BCUT2D eigenvalue weighted by atomic mass is 32.2. The number of hydrogen-bond acceptors (Lipinski definition) is 5. The zero-order valence-corrected chi connectivity index (χ0v) is 17.3. The summed E-state index contributed by atoms with van der Waals surface area (Å²) in [5.74, 6) is 1.21. The summed E-state index contributed by atoms with van der Waals surface area (Å²) in [4.78, 5) is 26.4. The SMILES string of the molecule is CCN(CC)C(=O)c1ccc(NC(=O)CSc2nnc3n2CCCCC3)cc1. The molecule has 8 heteroatoms. The van der Waals surface area contributed by atoms with Crippen LogP contribution in [0.25, 0.3) is 0 Å². The molecule has 2 aromatic rings. The van der Waals surface area contributed by atoms with E-state index in [1.807, 2.05) is 13.8 Å². The number of nitrogens with zero attached hydrogens (tertiary/aromatic N) is 4. The van der Waals surface area contributed by atoms with Crippen molar-refractivity contribution in [3.8, 4) is 0 Å². The third kappa shape index (κ3) is 4.92. The van der Waals surface area contributed by atoms with Gasteiger partial charge in [-0.3, -0.25) is 9.59 Å². The highest BCUT2D eigenvalue weighted by molar-refractivity contribution is 7.99. The van der Waals surface area contributed by atoms with Gasteiger partial charge in [-0.05, 0) is 51.0 Å². The number of hydrogen-bond donors (Lipinski definition) is 1. The smallest absolute Gasteiger partial charge is 0.253 e. The number of thioether (sulfide) groups is 1. The van der Waals surface area contributed by atoms with Gasteiger partial charge < -0.3 is 14.8 Å². The van der Waals surface area contributed by atoms with Crippen LogP contribution >= 0.6 is 11.8 Å². The van der Waals surface area contributed by atoms with Gasteiger partial charge in [0.05, 0.1) is 5.75 Å². The molecule has 1 N–H and O–H groups in total. The van der Waals surface area contributed by atoms with E-state index < -0.39 is 0 Å². The molecule has 1 aliphatic rings. The molecule has 0 spiro atoms. The molecule has 1 aliphatic heterocycles. The summed E-state index contributed by atoms with van der Waals surface area (Å²) in [5.41, 5.74) is 1.31. The molecule has 0 unspecified atom stereocenters. The van der Waals surface area contributed by atoms with Crippen LogP contribution in [-0.2, 0) is 17.8 Å². The van der Waals surface area contributed by atoms with E-state index in [0.717, 1.165) is 36.8 Å². The number of benzene rings is 1. The van der Waals surface area contributed by atoms with Gasteiger partial charge in [0.15, 0.2) is 5.16 Å². The molecule has 2 amide bonds. The molecular weight excluding hydrogens is 374 g/mol. The maximum atomic E-state index is 12.3. The van der Waals surface area contributed by atoms with Gasteiger partial charge in [-0.25, -0.2) is 0 Å². The zero-order chi connectivity index (χ0) is 19.9. The predicted molar refractivity (Wildman–Crippen MR) is 111 cm³/mol. The molecule has 0 bridgehead atoms. The summed E-state index contributed by atoms with van der Waals surface area (Å²) in [5, 5.41) is 12.2. The second kappa shape index (κ2) is 9.73. The number of fused-ring (bicyclic) bond motifs is 1. The Morgan fingerprint density at radius 3 is 2.57 bits per heavy atom. The molecule has 0 fully saturated rings. The summed E-state index contributed by atoms with van der Waals surface area (Å²) in [6.45, 7) is 6.20. The summed E-state index contributed by atoms with van der Waals surface area (Å²) in [7, 11) is 0. The number of aryl methyl sites for hydroxylation is 1. The van der Waals surface area contributed by atoms with Gasteiger partial charge in [0.25, 0.3) is 5.91 Å². The first kappa shape index (κ1) is 20.4. The lowest BCUT2D eigenvalue weighted by Crippen LogP contribution is -2.30. The lowest BCUT2D eigenvalue weighted by molar-refractivity contribution is -0.113. The Kier molecular flexibility index (Phi) is 7.08. The van der Waals surface area contributed by atoms with Crippen LogP contribution in [0.15, 0.2) is 29.4 Å². The standard InChI is InChI=1S/C20H27N5O2S/c1-3-24(4-2)19(27)15-9-11-16(12-10-15)21-18(26)14-28-20-23-22-17-8-6-5-7-13-25(17)20/h9-12H,3-8,13-14H2,1-2H3,(H,21,26). The molecule has 3 rings (SSSR count). The molecule has 0 saturated heterocycles. The average Bonchev–Trinajstić information content (AvgIpc) is 2.93. The van der Waals surface area contributed by atoms with Gasteiger partial charge >= 0.3 is 0 Å². The summed E-state index contributed by atoms with van der Waals surface area (Å²) in [6.07, 6.45) is 4.44. The fraction of sp³-hybridized carbons (Fsp3) is 0.500. The molecular formula is C20H27N5O2S. The van der Waals surface area contributed by atoms with Gasteiger partial charge in [0.1, 0.15) is 5.82 Å². The highest BCUT2D eigenvalue weighted by Crippen LogP contribution is 2.22. The van der Waals surface area contributed by atoms with E-state index in [-0.39, 0.29) is 17.6 Å². The van der Waals surface area contributed by atoms with Crippen molar-refractivity contribution in [3.63, 3.8) is 0 Å². The minimum absolute atomic E-state index is 0.00549. The fourth-order valence-electron chi connectivity index (χ4n) is 3.28. The molecule has 150 valence electrons. The van der Waals surface area contributed by atoms with Crippen molar-refractivity contribution in [3.05, 3.63) is 35.7 Å². The first-order valence-corrected chi connectivity index (χ1v) is 10.8. The van der Waals surface area contributed by atoms with Crippen molar-refractivity contribution in [1.82, 2.24) is 19.7 Å². The average molecular weight is 402 g/mol. The van der Waals surface area contributed by atoms with Crippen LogP contribution in [0.4, 0.5) is 5.69 Å². The quantitative estimate of drug-likeness (QED) is 0.721. The van der Waals surface area contributed by atoms with Crippen LogP contribution in [-0.4, -0.2) is 50.3 Å². The van der Waals surface area contributed by atoms with Crippen molar-refractivity contribution in [2.24, 2.45) is 0 Å². The number of anilines is 1. The summed E-state index contributed by atoms with van der Waals surface area (Å²) < 4.78 is 2.14. The van der Waals surface area contributed by atoms with E-state index in [1.165, 1.54) is 18.2 Å². The monoisotopic (exact) mass is 401 g/mol. The highest BCUT2D eigenvalue weighted by Gasteiger charge is 2.16. The maximum absolute atomic E-state index is 12.3. The van der Waals surface area contributed by atoms with E-state index in [4.69, 9.17) is 0 Å². The fourth-order valence-corrected chi connectivity index (χ4v) is 4.07. The number of rotatable bonds is 7. The Hall–Kier alpha value is -2.35. The van der Waals surface area contributed by atoms with Crippen molar-refractivity contribution in [2.45, 2.75) is 51.2 Å². The van der Waals surface area contributed by atoms with Crippen LogP contribution in [0.2, 0.25) is 0 Å². The molecule has 1 aromatic carbocycles. The second-order valence-corrected chi connectivity index (χ2v) is 7.70. The van der Waals surface area contributed by atoms with Gasteiger partial charge in [0.2, 0.25) is 5.91 Å². The van der Waals surface area contributed by atoms with Crippen LogP contribution in [0.3, 0.4) is 0 Å². The Morgan fingerprint density at radius 1 is 1.11 bits per heavy atom. The normalized spacial score (nSPS) is 13.5. The Bertz CT molecular complexity index is 815. The molecule has 7 nitrogen and oxygen atoms in total. The van der Waals surface area contributed by atoms with Gasteiger partial charge in [-0.1, -0.05) is 18.2 Å². The number of aromatic nitrogens is 3. The van der Waals surface area contributed by atoms with Gasteiger partial charge in [-0.15, -0.1) is 10.2 Å². The third-order valence-electron chi connectivity index (χ3n) is 4.87. The molecule has 0 radical (unpaired) electrons. The number of nitrogens with one attached hydrogen (secondary N) is 1. The number of amides is 2. The molecule has 2 heterocycles.